The van der Waals surface area contributed by atoms with Gasteiger partial charge in [-0.25, -0.2) is 0 Å². The SMILES string of the molecule is COc1cc(C(C)=O)ccc1OC(C)C(=O)Nc1cccc(Br)c1. The van der Waals surface area contributed by atoms with Crippen molar-refractivity contribution in [3.05, 3.63) is 52.5 Å². The van der Waals surface area contributed by atoms with Gasteiger partial charge in [0.2, 0.25) is 0 Å². The average Bonchev–Trinajstić information content (AvgIpc) is 2.54. The molecule has 0 aromatic heterocycles. The monoisotopic (exact) mass is 391 g/mol. The first-order valence-electron chi connectivity index (χ1n) is 7.32. The smallest absolute Gasteiger partial charge is 0.265 e. The van der Waals surface area contributed by atoms with E-state index in [0.717, 1.165) is 4.47 Å². The zero-order valence-electron chi connectivity index (χ0n) is 13.6. The second-order valence-corrected chi connectivity index (χ2v) is 6.10. The first kappa shape index (κ1) is 18.0. The van der Waals surface area contributed by atoms with Crippen LogP contribution in [0.4, 0.5) is 5.69 Å². The van der Waals surface area contributed by atoms with Gasteiger partial charge >= 0.3 is 0 Å². The molecule has 2 rings (SSSR count). The molecule has 1 unspecified atom stereocenters. The third kappa shape index (κ3) is 4.58. The van der Waals surface area contributed by atoms with E-state index in [1.807, 2.05) is 12.1 Å². The van der Waals surface area contributed by atoms with Crippen LogP contribution in [0, 0.1) is 0 Å². The molecule has 2 aromatic carbocycles. The second kappa shape index (κ2) is 7.97. The van der Waals surface area contributed by atoms with Crippen LogP contribution in [0.15, 0.2) is 46.9 Å². The highest BCUT2D eigenvalue weighted by Crippen LogP contribution is 2.29. The summed E-state index contributed by atoms with van der Waals surface area (Å²) in [5, 5.41) is 2.78. The number of carbonyl (C=O) groups excluding carboxylic acids is 2. The molecule has 6 heteroatoms. The van der Waals surface area contributed by atoms with Gasteiger partial charge in [0.1, 0.15) is 0 Å². The van der Waals surface area contributed by atoms with E-state index in [4.69, 9.17) is 9.47 Å². The number of amides is 1. The molecule has 0 aliphatic carbocycles. The number of rotatable bonds is 6. The van der Waals surface area contributed by atoms with Gasteiger partial charge < -0.3 is 14.8 Å². The predicted molar refractivity (Wildman–Crippen MR) is 95.9 cm³/mol. The summed E-state index contributed by atoms with van der Waals surface area (Å²) in [6.45, 7) is 3.12. The van der Waals surface area contributed by atoms with Crippen LogP contribution in [0.1, 0.15) is 24.2 Å². The van der Waals surface area contributed by atoms with Gasteiger partial charge in [0.25, 0.3) is 5.91 Å². The number of hydrogen-bond donors (Lipinski definition) is 1. The Labute approximate surface area is 149 Å². The highest BCUT2D eigenvalue weighted by molar-refractivity contribution is 9.10. The Hall–Kier alpha value is -2.34. The molecule has 0 aliphatic rings. The van der Waals surface area contributed by atoms with Crippen molar-refractivity contribution in [2.75, 3.05) is 12.4 Å². The van der Waals surface area contributed by atoms with Gasteiger partial charge in [-0.05, 0) is 50.2 Å². The second-order valence-electron chi connectivity index (χ2n) is 5.18. The van der Waals surface area contributed by atoms with Crippen LogP contribution in [-0.2, 0) is 4.79 Å². The Bertz CT molecular complexity index is 760. The van der Waals surface area contributed by atoms with Crippen LogP contribution in [0.2, 0.25) is 0 Å². The largest absolute Gasteiger partial charge is 0.493 e. The molecule has 0 bridgehead atoms. The Morgan fingerprint density at radius 3 is 2.50 bits per heavy atom. The fourth-order valence-electron chi connectivity index (χ4n) is 2.04. The number of anilines is 1. The number of halogens is 1. The van der Waals surface area contributed by atoms with Gasteiger partial charge in [-0.15, -0.1) is 0 Å². The van der Waals surface area contributed by atoms with Crippen LogP contribution in [0.3, 0.4) is 0 Å². The number of carbonyl (C=O) groups is 2. The zero-order valence-corrected chi connectivity index (χ0v) is 15.2. The summed E-state index contributed by atoms with van der Waals surface area (Å²) in [5.74, 6) is 0.454. The molecule has 0 saturated heterocycles. The first-order valence-corrected chi connectivity index (χ1v) is 8.12. The highest BCUT2D eigenvalue weighted by Gasteiger charge is 2.18. The van der Waals surface area contributed by atoms with Crippen molar-refractivity contribution >= 4 is 33.3 Å². The van der Waals surface area contributed by atoms with Crippen molar-refractivity contribution in [2.45, 2.75) is 20.0 Å². The molecule has 0 saturated carbocycles. The van der Waals surface area contributed by atoms with Crippen molar-refractivity contribution in [3.63, 3.8) is 0 Å². The highest BCUT2D eigenvalue weighted by atomic mass is 79.9. The summed E-state index contributed by atoms with van der Waals surface area (Å²) in [7, 11) is 1.48. The van der Waals surface area contributed by atoms with E-state index in [-0.39, 0.29) is 11.7 Å². The molecular weight excluding hydrogens is 374 g/mol. The van der Waals surface area contributed by atoms with Gasteiger partial charge in [0.05, 0.1) is 7.11 Å². The van der Waals surface area contributed by atoms with E-state index in [9.17, 15) is 9.59 Å². The molecule has 1 N–H and O–H groups in total. The van der Waals surface area contributed by atoms with Gasteiger partial charge in [-0.1, -0.05) is 22.0 Å². The number of nitrogens with one attached hydrogen (secondary N) is 1. The fourth-order valence-corrected chi connectivity index (χ4v) is 2.44. The molecule has 0 heterocycles. The Balaban J connectivity index is 2.09. The third-order valence-corrected chi connectivity index (χ3v) is 3.83. The van der Waals surface area contributed by atoms with E-state index in [1.165, 1.54) is 14.0 Å². The van der Waals surface area contributed by atoms with Crippen molar-refractivity contribution < 1.29 is 19.1 Å². The summed E-state index contributed by atoms with van der Waals surface area (Å²) < 4.78 is 11.8. The minimum absolute atomic E-state index is 0.0692. The lowest BCUT2D eigenvalue weighted by molar-refractivity contribution is -0.122. The van der Waals surface area contributed by atoms with Crippen molar-refractivity contribution in [1.82, 2.24) is 0 Å². The van der Waals surface area contributed by atoms with Gasteiger partial charge in [-0.2, -0.15) is 0 Å². The minimum Gasteiger partial charge on any atom is -0.493 e. The third-order valence-electron chi connectivity index (χ3n) is 3.34. The maximum atomic E-state index is 12.3. The predicted octanol–water partition coefficient (Wildman–Crippen LogP) is 4.07. The molecule has 5 nitrogen and oxygen atoms in total. The number of benzene rings is 2. The fraction of sp³-hybridized carbons (Fsp3) is 0.222. The van der Waals surface area contributed by atoms with E-state index in [1.54, 1.807) is 37.3 Å². The summed E-state index contributed by atoms with van der Waals surface area (Å²) in [4.78, 5) is 23.7. The quantitative estimate of drug-likeness (QED) is 0.753. The van der Waals surface area contributed by atoms with E-state index < -0.39 is 6.10 Å². The normalized spacial score (nSPS) is 11.5. The van der Waals surface area contributed by atoms with E-state index >= 15 is 0 Å². The van der Waals surface area contributed by atoms with Gasteiger partial charge in [0.15, 0.2) is 23.4 Å². The summed E-state index contributed by atoms with van der Waals surface area (Å²) in [5.41, 5.74) is 1.19. The maximum absolute atomic E-state index is 12.3. The number of methoxy groups -OCH3 is 1. The lowest BCUT2D eigenvalue weighted by atomic mass is 10.1. The number of ether oxygens (including phenoxy) is 2. The number of hydrogen-bond acceptors (Lipinski definition) is 4. The Morgan fingerprint density at radius 2 is 1.88 bits per heavy atom. The van der Waals surface area contributed by atoms with E-state index in [0.29, 0.717) is 22.7 Å². The molecule has 1 atom stereocenters. The Morgan fingerprint density at radius 1 is 1.12 bits per heavy atom. The summed E-state index contributed by atoms with van der Waals surface area (Å²) >= 11 is 3.35. The molecule has 0 fully saturated rings. The number of Topliss-reactive ketones (excluding diaryl/α,β-unsaturated/α-hetero) is 1. The molecule has 126 valence electrons. The van der Waals surface area contributed by atoms with Crippen molar-refractivity contribution in [2.24, 2.45) is 0 Å². The summed E-state index contributed by atoms with van der Waals surface area (Å²) in [6, 6.07) is 12.1. The van der Waals surface area contributed by atoms with Crippen LogP contribution in [0.25, 0.3) is 0 Å². The van der Waals surface area contributed by atoms with Crippen LogP contribution in [0.5, 0.6) is 11.5 Å². The molecule has 2 aromatic rings. The molecule has 1 amide bonds. The molecule has 24 heavy (non-hydrogen) atoms. The molecule has 0 radical (unpaired) electrons. The van der Waals surface area contributed by atoms with Crippen molar-refractivity contribution in [3.8, 4) is 11.5 Å². The standard InChI is InChI=1S/C18H18BrNO4/c1-11(21)13-7-8-16(17(9-13)23-3)24-12(2)18(22)20-15-6-4-5-14(19)10-15/h4-10,12H,1-3H3,(H,20,22). The maximum Gasteiger partial charge on any atom is 0.265 e. The van der Waals surface area contributed by atoms with Gasteiger partial charge in [0, 0.05) is 15.7 Å². The number of ketones is 1. The lowest BCUT2D eigenvalue weighted by Crippen LogP contribution is -2.30. The van der Waals surface area contributed by atoms with E-state index in [2.05, 4.69) is 21.2 Å². The lowest BCUT2D eigenvalue weighted by Gasteiger charge is -2.17. The van der Waals surface area contributed by atoms with Crippen LogP contribution in [-0.4, -0.2) is 24.9 Å². The molecule has 0 aliphatic heterocycles. The van der Waals surface area contributed by atoms with Crippen LogP contribution < -0.4 is 14.8 Å². The van der Waals surface area contributed by atoms with Crippen LogP contribution >= 0.6 is 15.9 Å². The minimum atomic E-state index is -0.735. The topological polar surface area (TPSA) is 64.6 Å². The summed E-state index contributed by atoms with van der Waals surface area (Å²) in [6.07, 6.45) is -0.735. The average molecular weight is 392 g/mol. The molecular formula is C18H18BrNO4. The Kier molecular flexibility index (Phi) is 5.98. The van der Waals surface area contributed by atoms with Gasteiger partial charge in [-0.3, -0.25) is 9.59 Å². The zero-order chi connectivity index (χ0) is 17.7. The van der Waals surface area contributed by atoms with Crippen molar-refractivity contribution in [1.29, 1.82) is 0 Å². The molecule has 0 spiro atoms. The first-order chi connectivity index (χ1) is 11.4.